The van der Waals surface area contributed by atoms with Crippen LogP contribution in [0, 0.1) is 12.8 Å². The Kier molecular flexibility index (Phi) is 7.05. The van der Waals surface area contributed by atoms with Gasteiger partial charge < -0.3 is 16.0 Å². The molecule has 1 aromatic carbocycles. The highest BCUT2D eigenvalue weighted by molar-refractivity contribution is 6.12. The van der Waals surface area contributed by atoms with Crippen LogP contribution < -0.4 is 16.0 Å². The molecule has 0 saturated carbocycles. The Morgan fingerprint density at radius 1 is 1.25 bits per heavy atom. The van der Waals surface area contributed by atoms with E-state index in [2.05, 4.69) is 15.4 Å². The number of carbonyl (C=O) groups excluding carboxylic acids is 3. The number of β-lactam (4-membered cyclic amide) rings is 1. The molecule has 0 aliphatic carbocycles. The lowest BCUT2D eigenvalue weighted by atomic mass is 9.81. The molecule has 1 aliphatic heterocycles. The largest absolute Gasteiger partial charge is 0.384 e. The number of nitrogen functional groups attached to an aromatic ring is 1. The first-order valence-corrected chi connectivity index (χ1v) is 11.9. The lowest BCUT2D eigenvalue weighted by Crippen LogP contribution is -2.70. The Hall–Kier alpha value is -4.21. The molecule has 4 rings (SSSR count). The van der Waals surface area contributed by atoms with Crippen molar-refractivity contribution in [1.29, 1.82) is 0 Å². The molecule has 0 bridgehead atoms. The molecule has 10 heteroatoms. The number of aryl methyl sites for hydroxylation is 2. The molecule has 3 aromatic rings. The average molecular weight is 490 g/mol. The SMILES string of the molecule is CC[C@@H](NC(=O)N1C(=O)[C@H](Cc2ccnc(N)c2)[C@H]1C(=O)N(C)c1cnn(C)c1)c1cccc(C)c1. The molecule has 0 radical (unpaired) electrons. The van der Waals surface area contributed by atoms with Crippen molar-refractivity contribution in [1.82, 2.24) is 25.0 Å². The van der Waals surface area contributed by atoms with Crippen molar-refractivity contribution in [2.24, 2.45) is 13.0 Å². The molecule has 1 fully saturated rings. The summed E-state index contributed by atoms with van der Waals surface area (Å²) in [6, 6.07) is 9.43. The second-order valence-corrected chi connectivity index (χ2v) is 9.15. The fourth-order valence-electron chi connectivity index (χ4n) is 4.57. The molecule has 0 spiro atoms. The summed E-state index contributed by atoms with van der Waals surface area (Å²) < 4.78 is 1.58. The van der Waals surface area contributed by atoms with E-state index in [1.165, 1.54) is 4.90 Å². The number of urea groups is 1. The Labute approximate surface area is 210 Å². The van der Waals surface area contributed by atoms with E-state index in [1.807, 2.05) is 38.1 Å². The number of nitrogens with zero attached hydrogens (tertiary/aromatic N) is 5. The van der Waals surface area contributed by atoms with Gasteiger partial charge >= 0.3 is 6.03 Å². The fraction of sp³-hybridized carbons (Fsp3) is 0.346. The molecule has 1 aliphatic rings. The van der Waals surface area contributed by atoms with Crippen molar-refractivity contribution in [3.8, 4) is 0 Å². The summed E-state index contributed by atoms with van der Waals surface area (Å²) in [6.45, 7) is 3.94. The van der Waals surface area contributed by atoms with Gasteiger partial charge in [0.2, 0.25) is 5.91 Å². The molecular formula is C26H31N7O3. The van der Waals surface area contributed by atoms with Crippen molar-refractivity contribution >= 4 is 29.4 Å². The van der Waals surface area contributed by atoms with Crippen molar-refractivity contribution in [3.63, 3.8) is 0 Å². The number of pyridine rings is 1. The van der Waals surface area contributed by atoms with Crippen LogP contribution in [0.3, 0.4) is 0 Å². The second-order valence-electron chi connectivity index (χ2n) is 9.15. The zero-order valence-electron chi connectivity index (χ0n) is 20.9. The van der Waals surface area contributed by atoms with Crippen LogP contribution in [-0.2, 0) is 23.1 Å². The van der Waals surface area contributed by atoms with Gasteiger partial charge in [0.1, 0.15) is 11.9 Å². The third-order valence-electron chi connectivity index (χ3n) is 6.55. The number of hydrogen-bond donors (Lipinski definition) is 2. The summed E-state index contributed by atoms with van der Waals surface area (Å²) >= 11 is 0. The zero-order chi connectivity index (χ0) is 26.0. The molecule has 3 heterocycles. The standard InChI is InChI=1S/C26H31N7O3/c1-5-21(18-8-6-7-16(2)11-18)30-26(36)33-23(25(35)32(4)19-14-29-31(3)15-19)20(24(33)34)12-17-9-10-28-22(27)13-17/h6-11,13-15,20-21,23H,5,12H2,1-4H3,(H2,27,28)(H,30,36)/t20-,21-,23+/m1/s1. The highest BCUT2D eigenvalue weighted by Crippen LogP contribution is 2.33. The number of benzene rings is 1. The van der Waals surface area contributed by atoms with Gasteiger partial charge in [0.05, 0.1) is 23.8 Å². The van der Waals surface area contributed by atoms with Crippen LogP contribution in [0.25, 0.3) is 0 Å². The van der Waals surface area contributed by atoms with Crippen LogP contribution >= 0.6 is 0 Å². The van der Waals surface area contributed by atoms with Crippen LogP contribution in [-0.4, -0.2) is 50.6 Å². The van der Waals surface area contributed by atoms with Crippen molar-refractivity contribution in [2.75, 3.05) is 17.7 Å². The number of aromatic nitrogens is 3. The molecule has 36 heavy (non-hydrogen) atoms. The lowest BCUT2D eigenvalue weighted by Gasteiger charge is -2.46. The summed E-state index contributed by atoms with van der Waals surface area (Å²) in [7, 11) is 3.36. The molecule has 1 saturated heterocycles. The predicted molar refractivity (Wildman–Crippen MR) is 136 cm³/mol. The van der Waals surface area contributed by atoms with E-state index in [9.17, 15) is 14.4 Å². The van der Waals surface area contributed by atoms with Crippen molar-refractivity contribution < 1.29 is 14.4 Å². The molecule has 10 nitrogen and oxygen atoms in total. The normalized spacial score (nSPS) is 17.9. The minimum absolute atomic E-state index is 0.266. The van der Waals surface area contributed by atoms with E-state index in [-0.39, 0.29) is 18.4 Å². The number of anilines is 2. The van der Waals surface area contributed by atoms with Crippen LogP contribution in [0.15, 0.2) is 55.0 Å². The van der Waals surface area contributed by atoms with Gasteiger partial charge in [0.25, 0.3) is 5.91 Å². The molecule has 188 valence electrons. The highest BCUT2D eigenvalue weighted by atomic mass is 16.2. The van der Waals surface area contributed by atoms with Crippen LogP contribution in [0.2, 0.25) is 0 Å². The molecular weight excluding hydrogens is 458 g/mol. The maximum atomic E-state index is 13.6. The fourth-order valence-corrected chi connectivity index (χ4v) is 4.57. The van der Waals surface area contributed by atoms with E-state index >= 15 is 0 Å². The molecule has 4 amide bonds. The van der Waals surface area contributed by atoms with E-state index in [1.54, 1.807) is 49.5 Å². The van der Waals surface area contributed by atoms with Gasteiger partial charge in [-0.25, -0.2) is 9.78 Å². The summed E-state index contributed by atoms with van der Waals surface area (Å²) in [5.41, 5.74) is 9.16. The summed E-state index contributed by atoms with van der Waals surface area (Å²) in [4.78, 5) is 46.7. The van der Waals surface area contributed by atoms with Gasteiger partial charge in [-0.3, -0.25) is 19.2 Å². The predicted octanol–water partition coefficient (Wildman–Crippen LogP) is 2.60. The van der Waals surface area contributed by atoms with Gasteiger partial charge in [-0.2, -0.15) is 5.10 Å². The monoisotopic (exact) mass is 489 g/mol. The Morgan fingerprint density at radius 3 is 2.67 bits per heavy atom. The van der Waals surface area contributed by atoms with E-state index in [0.717, 1.165) is 21.6 Å². The van der Waals surface area contributed by atoms with E-state index in [0.29, 0.717) is 17.9 Å². The highest BCUT2D eigenvalue weighted by Gasteiger charge is 2.55. The van der Waals surface area contributed by atoms with Crippen LogP contribution in [0.5, 0.6) is 0 Å². The topological polar surface area (TPSA) is 126 Å². The number of amides is 4. The maximum absolute atomic E-state index is 13.6. The molecule has 3 atom stereocenters. The summed E-state index contributed by atoms with van der Waals surface area (Å²) in [6.07, 6.45) is 5.72. The smallest absolute Gasteiger partial charge is 0.325 e. The Morgan fingerprint density at radius 2 is 2.03 bits per heavy atom. The Balaban J connectivity index is 1.60. The van der Waals surface area contributed by atoms with Crippen molar-refractivity contribution in [2.45, 2.75) is 38.8 Å². The quantitative estimate of drug-likeness (QED) is 0.491. The minimum atomic E-state index is -0.966. The number of imide groups is 1. The van der Waals surface area contributed by atoms with Crippen LogP contribution in [0.4, 0.5) is 16.3 Å². The van der Waals surface area contributed by atoms with Gasteiger partial charge in [-0.15, -0.1) is 0 Å². The third kappa shape index (κ3) is 4.93. The van der Waals surface area contributed by atoms with E-state index < -0.39 is 23.9 Å². The van der Waals surface area contributed by atoms with E-state index in [4.69, 9.17) is 5.73 Å². The first-order chi connectivity index (χ1) is 17.2. The molecule has 3 N–H and O–H groups in total. The number of likely N-dealkylation sites (N-methyl/N-ethyl adjacent to an activating group) is 1. The second kappa shape index (κ2) is 10.2. The van der Waals surface area contributed by atoms with Gasteiger partial charge in [0, 0.05) is 26.5 Å². The number of likely N-dealkylation sites (tertiary alicyclic amines) is 1. The number of nitrogens with one attached hydrogen (secondary N) is 1. The number of rotatable bonds is 7. The minimum Gasteiger partial charge on any atom is -0.384 e. The number of hydrogen-bond acceptors (Lipinski definition) is 6. The van der Waals surface area contributed by atoms with Crippen LogP contribution in [0.1, 0.15) is 36.1 Å². The number of carbonyl (C=O) groups is 3. The summed E-state index contributed by atoms with van der Waals surface area (Å²) in [5.74, 6) is -1.15. The summed E-state index contributed by atoms with van der Waals surface area (Å²) in [5, 5.41) is 7.07. The first kappa shape index (κ1) is 24.9. The first-order valence-electron chi connectivity index (χ1n) is 11.9. The third-order valence-corrected chi connectivity index (χ3v) is 6.55. The van der Waals surface area contributed by atoms with Gasteiger partial charge in [0.15, 0.2) is 0 Å². The number of nitrogens with two attached hydrogens (primary N) is 1. The van der Waals surface area contributed by atoms with Crippen molar-refractivity contribution in [3.05, 3.63) is 71.7 Å². The maximum Gasteiger partial charge on any atom is 0.325 e. The average Bonchev–Trinajstić information content (AvgIpc) is 3.29. The zero-order valence-corrected chi connectivity index (χ0v) is 20.9. The van der Waals surface area contributed by atoms with Gasteiger partial charge in [-0.05, 0) is 43.0 Å². The molecule has 0 unspecified atom stereocenters. The molecule has 2 aromatic heterocycles. The lowest BCUT2D eigenvalue weighted by molar-refractivity contribution is -0.156. The van der Waals surface area contributed by atoms with Gasteiger partial charge in [-0.1, -0.05) is 36.8 Å². The Bertz CT molecular complexity index is 1290.